The van der Waals surface area contributed by atoms with Crippen LogP contribution in [0.1, 0.15) is 18.4 Å². The summed E-state index contributed by atoms with van der Waals surface area (Å²) in [6, 6.07) is 19.6. The number of benzene rings is 2. The predicted octanol–water partition coefficient (Wildman–Crippen LogP) is 4.36. The molecule has 2 aliphatic heterocycles. The minimum atomic E-state index is 0.836. The Hall–Kier alpha value is -3.34. The molecule has 0 aliphatic carbocycles. The third-order valence-electron chi connectivity index (χ3n) is 5.92. The lowest BCUT2D eigenvalue weighted by Gasteiger charge is -2.20. The molecule has 2 aliphatic rings. The van der Waals surface area contributed by atoms with Gasteiger partial charge in [0.25, 0.3) is 0 Å². The van der Waals surface area contributed by atoms with Crippen LogP contribution in [0.15, 0.2) is 67.1 Å². The zero-order valence-corrected chi connectivity index (χ0v) is 15.6. The fraction of sp³-hybridized carbons (Fsp3) is 0.217. The van der Waals surface area contributed by atoms with E-state index in [-0.39, 0.29) is 0 Å². The zero-order valence-electron chi connectivity index (χ0n) is 15.6. The highest BCUT2D eigenvalue weighted by Gasteiger charge is 2.23. The third-order valence-corrected chi connectivity index (χ3v) is 5.92. The Kier molecular flexibility index (Phi) is 3.41. The largest absolute Gasteiger partial charge is 0.372 e. The molecule has 6 rings (SSSR count). The summed E-state index contributed by atoms with van der Waals surface area (Å²) in [4.78, 5) is 2.49. The average molecular weight is 367 g/mol. The average Bonchev–Trinajstić information content (AvgIpc) is 3.48. The van der Waals surface area contributed by atoms with Gasteiger partial charge in [0.2, 0.25) is 0 Å². The second-order valence-electron chi connectivity index (χ2n) is 7.64. The number of aromatic nitrogens is 4. The van der Waals surface area contributed by atoms with Gasteiger partial charge < -0.3 is 9.47 Å². The highest BCUT2D eigenvalue weighted by molar-refractivity contribution is 5.72. The third kappa shape index (κ3) is 2.39. The maximum absolute atomic E-state index is 4.45. The summed E-state index contributed by atoms with van der Waals surface area (Å²) < 4.78 is 4.43. The van der Waals surface area contributed by atoms with E-state index in [1.165, 1.54) is 40.9 Å². The molecular weight excluding hydrogens is 346 g/mol. The Morgan fingerprint density at radius 3 is 2.57 bits per heavy atom. The Labute approximate surface area is 163 Å². The van der Waals surface area contributed by atoms with Crippen LogP contribution in [0.2, 0.25) is 0 Å². The fourth-order valence-electron chi connectivity index (χ4n) is 4.49. The van der Waals surface area contributed by atoms with Crippen LogP contribution in [0, 0.1) is 0 Å². The molecule has 0 bridgehead atoms. The van der Waals surface area contributed by atoms with Crippen LogP contribution in [0.25, 0.3) is 28.3 Å². The molecule has 0 N–H and O–H groups in total. The second-order valence-corrected chi connectivity index (χ2v) is 7.64. The van der Waals surface area contributed by atoms with Gasteiger partial charge in [-0.15, -0.1) is 10.2 Å². The standard InChI is InChI=1S/C23H21N5/c1-2-6-17(7-3-1)18-13-22-23-25-24-16-28(23)21-9-8-20(26-10-4-5-11-26)12-19(21)15-27(22)14-18/h1-3,6-9,12-14,16H,4-5,10-11,15H2. The molecule has 0 atom stereocenters. The Morgan fingerprint density at radius 2 is 1.71 bits per heavy atom. The van der Waals surface area contributed by atoms with E-state index in [1.54, 1.807) is 0 Å². The lowest BCUT2D eigenvalue weighted by molar-refractivity contribution is 0.815. The van der Waals surface area contributed by atoms with E-state index in [1.807, 2.05) is 6.33 Å². The summed E-state index contributed by atoms with van der Waals surface area (Å²) in [6.07, 6.45) is 6.64. The summed E-state index contributed by atoms with van der Waals surface area (Å²) in [6.45, 7) is 3.15. The van der Waals surface area contributed by atoms with E-state index in [2.05, 4.69) is 85.0 Å². The summed E-state index contributed by atoms with van der Waals surface area (Å²) in [5.41, 5.74) is 7.34. The van der Waals surface area contributed by atoms with Crippen molar-refractivity contribution in [3.63, 3.8) is 0 Å². The SMILES string of the molecule is c1ccc(-c2cc3n(c2)Cc2cc(N4CCCC4)ccc2-n2cnnc2-3)cc1. The lowest BCUT2D eigenvalue weighted by atomic mass is 10.1. The molecular formula is C23H21N5. The van der Waals surface area contributed by atoms with Gasteiger partial charge in [0.05, 0.1) is 11.4 Å². The molecule has 1 fully saturated rings. The number of hydrogen-bond donors (Lipinski definition) is 0. The van der Waals surface area contributed by atoms with Crippen molar-refractivity contribution in [1.82, 2.24) is 19.3 Å². The van der Waals surface area contributed by atoms with Gasteiger partial charge in [0.1, 0.15) is 6.33 Å². The Bertz CT molecular complexity index is 1150. The van der Waals surface area contributed by atoms with Crippen molar-refractivity contribution in [3.8, 4) is 28.3 Å². The first-order valence-corrected chi connectivity index (χ1v) is 9.91. The highest BCUT2D eigenvalue weighted by atomic mass is 15.3. The van der Waals surface area contributed by atoms with Gasteiger partial charge in [-0.25, -0.2) is 0 Å². The molecule has 4 heterocycles. The predicted molar refractivity (Wildman–Crippen MR) is 111 cm³/mol. The van der Waals surface area contributed by atoms with Crippen LogP contribution < -0.4 is 4.90 Å². The number of fused-ring (bicyclic) bond motifs is 5. The van der Waals surface area contributed by atoms with Crippen molar-refractivity contribution < 1.29 is 0 Å². The van der Waals surface area contributed by atoms with Gasteiger partial charge in [-0.1, -0.05) is 30.3 Å². The van der Waals surface area contributed by atoms with E-state index in [0.29, 0.717) is 0 Å². The molecule has 138 valence electrons. The molecule has 0 saturated carbocycles. The smallest absolute Gasteiger partial charge is 0.185 e. The van der Waals surface area contributed by atoms with Gasteiger partial charge in [0, 0.05) is 37.1 Å². The van der Waals surface area contributed by atoms with Gasteiger partial charge in [0.15, 0.2) is 5.82 Å². The minimum absolute atomic E-state index is 0.836. The molecule has 0 spiro atoms. The van der Waals surface area contributed by atoms with Gasteiger partial charge >= 0.3 is 0 Å². The summed E-state index contributed by atoms with van der Waals surface area (Å²) in [5.74, 6) is 0.898. The van der Waals surface area contributed by atoms with Crippen molar-refractivity contribution in [3.05, 3.63) is 72.7 Å². The zero-order chi connectivity index (χ0) is 18.5. The van der Waals surface area contributed by atoms with E-state index < -0.39 is 0 Å². The molecule has 2 aromatic heterocycles. The van der Waals surface area contributed by atoms with Crippen molar-refractivity contribution in [2.75, 3.05) is 18.0 Å². The Morgan fingerprint density at radius 1 is 0.857 bits per heavy atom. The van der Waals surface area contributed by atoms with Gasteiger partial charge in [-0.2, -0.15) is 0 Å². The highest BCUT2D eigenvalue weighted by Crippen LogP contribution is 2.35. The van der Waals surface area contributed by atoms with E-state index in [9.17, 15) is 0 Å². The summed E-state index contributed by atoms with van der Waals surface area (Å²) >= 11 is 0. The van der Waals surface area contributed by atoms with E-state index >= 15 is 0 Å². The lowest BCUT2D eigenvalue weighted by Crippen LogP contribution is -2.18. The maximum Gasteiger partial charge on any atom is 0.185 e. The van der Waals surface area contributed by atoms with Gasteiger partial charge in [-0.3, -0.25) is 4.57 Å². The number of rotatable bonds is 2. The molecule has 5 heteroatoms. The summed E-state index contributed by atoms with van der Waals surface area (Å²) in [7, 11) is 0. The van der Waals surface area contributed by atoms with Crippen LogP contribution >= 0.6 is 0 Å². The summed E-state index contributed by atoms with van der Waals surface area (Å²) in [5, 5.41) is 8.66. The van der Waals surface area contributed by atoms with Crippen molar-refractivity contribution in [1.29, 1.82) is 0 Å². The number of hydrogen-bond acceptors (Lipinski definition) is 3. The molecule has 0 amide bonds. The quantitative estimate of drug-likeness (QED) is 0.465. The molecule has 4 aromatic rings. The Balaban J connectivity index is 1.50. The van der Waals surface area contributed by atoms with Crippen LogP contribution in [0.3, 0.4) is 0 Å². The fourth-order valence-corrected chi connectivity index (χ4v) is 4.49. The van der Waals surface area contributed by atoms with Gasteiger partial charge in [-0.05, 0) is 48.2 Å². The van der Waals surface area contributed by atoms with Crippen LogP contribution in [-0.4, -0.2) is 32.4 Å². The maximum atomic E-state index is 4.45. The van der Waals surface area contributed by atoms with E-state index in [0.717, 1.165) is 31.2 Å². The second kappa shape index (κ2) is 6.09. The molecule has 1 saturated heterocycles. The molecule has 0 radical (unpaired) electrons. The number of nitrogens with zero attached hydrogens (tertiary/aromatic N) is 5. The minimum Gasteiger partial charge on any atom is -0.372 e. The van der Waals surface area contributed by atoms with E-state index in [4.69, 9.17) is 0 Å². The monoisotopic (exact) mass is 367 g/mol. The van der Waals surface area contributed by atoms with Crippen LogP contribution in [0.5, 0.6) is 0 Å². The normalized spacial score (nSPS) is 15.1. The first-order chi connectivity index (χ1) is 13.9. The molecule has 5 nitrogen and oxygen atoms in total. The topological polar surface area (TPSA) is 38.9 Å². The molecule has 28 heavy (non-hydrogen) atoms. The van der Waals surface area contributed by atoms with Crippen molar-refractivity contribution in [2.24, 2.45) is 0 Å². The van der Waals surface area contributed by atoms with Crippen molar-refractivity contribution >= 4 is 5.69 Å². The first-order valence-electron chi connectivity index (χ1n) is 9.91. The van der Waals surface area contributed by atoms with Crippen molar-refractivity contribution in [2.45, 2.75) is 19.4 Å². The first kappa shape index (κ1) is 15.7. The molecule has 2 aromatic carbocycles. The van der Waals surface area contributed by atoms with Crippen LogP contribution in [0.4, 0.5) is 5.69 Å². The molecule has 0 unspecified atom stereocenters. The number of anilines is 1. The van der Waals surface area contributed by atoms with Crippen LogP contribution in [-0.2, 0) is 6.54 Å².